The number of aromatic amines is 3. The molecule has 0 bridgehead atoms. The van der Waals surface area contributed by atoms with Gasteiger partial charge >= 0.3 is 5.69 Å². The Bertz CT molecular complexity index is 1210. The molecular weight excluding hydrogens is 388 g/mol. The zero-order valence-corrected chi connectivity index (χ0v) is 16.8. The molecule has 4 rings (SSSR count). The summed E-state index contributed by atoms with van der Waals surface area (Å²) in [6.45, 7) is 3.91. The molecule has 4 N–H and O–H groups in total. The van der Waals surface area contributed by atoms with Gasteiger partial charge < -0.3 is 15.3 Å². The Morgan fingerprint density at radius 1 is 1.14 bits per heavy atom. The van der Waals surface area contributed by atoms with Gasteiger partial charge in [-0.3, -0.25) is 9.89 Å². The van der Waals surface area contributed by atoms with Crippen LogP contribution in [0.1, 0.15) is 19.4 Å². The highest BCUT2D eigenvalue weighted by Crippen LogP contribution is 2.24. The maximum absolute atomic E-state index is 12.5. The molecule has 9 heteroatoms. The van der Waals surface area contributed by atoms with Crippen molar-refractivity contribution in [3.63, 3.8) is 0 Å². The zero-order chi connectivity index (χ0) is 20.4. The highest BCUT2D eigenvalue weighted by Gasteiger charge is 2.18. The number of amides is 1. The van der Waals surface area contributed by atoms with Crippen molar-refractivity contribution in [1.82, 2.24) is 25.1 Å². The number of aryl methyl sites for hydroxylation is 1. The lowest BCUT2D eigenvalue weighted by molar-refractivity contribution is -0.115. The van der Waals surface area contributed by atoms with Crippen molar-refractivity contribution in [3.05, 3.63) is 58.5 Å². The van der Waals surface area contributed by atoms with Crippen molar-refractivity contribution in [1.29, 1.82) is 0 Å². The quantitative estimate of drug-likeness (QED) is 0.365. The number of aromatic nitrogens is 5. The SMILES string of the molecule is CCc1ccc(-c2nc(S[C@H](C)C(=O)Nc3ccc4[nH]c(=O)[nH]c4c3)n[nH]2)cc1. The lowest BCUT2D eigenvalue weighted by Gasteiger charge is -2.10. The second-order valence-electron chi connectivity index (χ2n) is 6.61. The predicted molar refractivity (Wildman–Crippen MR) is 114 cm³/mol. The van der Waals surface area contributed by atoms with Gasteiger partial charge in [-0.05, 0) is 37.1 Å². The molecule has 0 saturated carbocycles. The van der Waals surface area contributed by atoms with Crippen molar-refractivity contribution < 1.29 is 4.79 Å². The summed E-state index contributed by atoms with van der Waals surface area (Å²) in [7, 11) is 0. The van der Waals surface area contributed by atoms with E-state index >= 15 is 0 Å². The summed E-state index contributed by atoms with van der Waals surface area (Å²) in [6.07, 6.45) is 0.984. The van der Waals surface area contributed by atoms with Crippen LogP contribution in [0.2, 0.25) is 0 Å². The first-order valence-corrected chi connectivity index (χ1v) is 10.1. The van der Waals surface area contributed by atoms with Crippen molar-refractivity contribution in [2.24, 2.45) is 0 Å². The van der Waals surface area contributed by atoms with Crippen LogP contribution in [0.4, 0.5) is 5.69 Å². The summed E-state index contributed by atoms with van der Waals surface area (Å²) in [5.74, 6) is 0.496. The molecule has 2 aromatic carbocycles. The lowest BCUT2D eigenvalue weighted by Crippen LogP contribution is -2.22. The van der Waals surface area contributed by atoms with E-state index in [0.29, 0.717) is 27.7 Å². The van der Waals surface area contributed by atoms with Crippen LogP contribution in [0.5, 0.6) is 0 Å². The van der Waals surface area contributed by atoms with E-state index in [-0.39, 0.29) is 11.6 Å². The number of fused-ring (bicyclic) bond motifs is 1. The lowest BCUT2D eigenvalue weighted by atomic mass is 10.1. The molecular formula is C20H20N6O2S. The Morgan fingerprint density at radius 3 is 2.66 bits per heavy atom. The van der Waals surface area contributed by atoms with Gasteiger partial charge in [0.25, 0.3) is 0 Å². The van der Waals surface area contributed by atoms with E-state index in [0.717, 1.165) is 12.0 Å². The monoisotopic (exact) mass is 408 g/mol. The van der Waals surface area contributed by atoms with Crippen LogP contribution in [-0.2, 0) is 11.2 Å². The summed E-state index contributed by atoms with van der Waals surface area (Å²) < 4.78 is 0. The molecule has 1 atom stereocenters. The van der Waals surface area contributed by atoms with Gasteiger partial charge in [-0.2, -0.15) is 0 Å². The predicted octanol–water partition coefficient (Wildman–Crippen LogP) is 3.32. The fourth-order valence-electron chi connectivity index (χ4n) is 2.89. The Labute approximate surface area is 170 Å². The number of carbonyl (C=O) groups excluding carboxylic acids is 1. The molecule has 0 saturated heterocycles. The topological polar surface area (TPSA) is 119 Å². The van der Waals surface area contributed by atoms with Crippen LogP contribution < -0.4 is 11.0 Å². The zero-order valence-electron chi connectivity index (χ0n) is 15.9. The average molecular weight is 408 g/mol. The minimum absolute atomic E-state index is 0.175. The number of carbonyl (C=O) groups is 1. The highest BCUT2D eigenvalue weighted by molar-refractivity contribution is 8.00. The largest absolute Gasteiger partial charge is 0.325 e. The fourth-order valence-corrected chi connectivity index (χ4v) is 3.62. The van der Waals surface area contributed by atoms with Crippen molar-refractivity contribution in [2.45, 2.75) is 30.7 Å². The molecule has 148 valence electrons. The van der Waals surface area contributed by atoms with Crippen molar-refractivity contribution >= 4 is 34.4 Å². The number of nitrogens with one attached hydrogen (secondary N) is 4. The molecule has 8 nitrogen and oxygen atoms in total. The molecule has 1 amide bonds. The number of rotatable bonds is 6. The first kappa shape index (κ1) is 19.0. The minimum Gasteiger partial charge on any atom is -0.325 e. The average Bonchev–Trinajstić information content (AvgIpc) is 3.33. The van der Waals surface area contributed by atoms with E-state index in [1.165, 1.54) is 17.3 Å². The summed E-state index contributed by atoms with van der Waals surface area (Å²) in [5.41, 5.74) is 3.87. The van der Waals surface area contributed by atoms with E-state index in [9.17, 15) is 9.59 Å². The smallest absolute Gasteiger partial charge is 0.323 e. The second kappa shape index (κ2) is 7.96. The van der Waals surface area contributed by atoms with Gasteiger partial charge in [0.15, 0.2) is 5.82 Å². The van der Waals surface area contributed by atoms with Gasteiger partial charge in [0, 0.05) is 11.3 Å². The molecule has 29 heavy (non-hydrogen) atoms. The molecule has 0 aliphatic heterocycles. The van der Waals surface area contributed by atoms with Crippen molar-refractivity contribution in [2.75, 3.05) is 5.32 Å². The van der Waals surface area contributed by atoms with E-state index in [1.54, 1.807) is 25.1 Å². The standard InChI is InChI=1S/C20H20N6O2S/c1-3-12-4-6-13(7-5-12)17-24-20(26-25-17)29-11(2)18(27)21-14-8-9-15-16(10-14)23-19(28)22-15/h4-11H,3H2,1-2H3,(H,21,27)(H2,22,23,28)(H,24,25,26)/t11-/m1/s1. The number of thioether (sulfide) groups is 1. The van der Waals surface area contributed by atoms with Gasteiger partial charge in [-0.25, -0.2) is 9.78 Å². The van der Waals surface area contributed by atoms with Gasteiger partial charge in [0.2, 0.25) is 11.1 Å². The molecule has 0 unspecified atom stereocenters. The van der Waals surface area contributed by atoms with Gasteiger partial charge in [-0.15, -0.1) is 5.10 Å². The van der Waals surface area contributed by atoms with E-state index in [1.807, 2.05) is 12.1 Å². The van der Waals surface area contributed by atoms with Crippen LogP contribution >= 0.6 is 11.8 Å². The Hall–Kier alpha value is -3.33. The van der Waals surface area contributed by atoms with Crippen LogP contribution in [0.15, 0.2) is 52.4 Å². The Balaban J connectivity index is 1.41. The van der Waals surface area contributed by atoms with E-state index in [4.69, 9.17) is 0 Å². The third kappa shape index (κ3) is 4.24. The van der Waals surface area contributed by atoms with Gasteiger partial charge in [0.1, 0.15) is 0 Å². The maximum Gasteiger partial charge on any atom is 0.323 e. The summed E-state index contributed by atoms with van der Waals surface area (Å²) in [4.78, 5) is 33.7. The maximum atomic E-state index is 12.5. The molecule has 0 fully saturated rings. The summed E-state index contributed by atoms with van der Waals surface area (Å²) in [6, 6.07) is 13.3. The number of hydrogen-bond donors (Lipinski definition) is 4. The minimum atomic E-state index is -0.401. The number of H-pyrrole nitrogens is 3. The van der Waals surface area contributed by atoms with Gasteiger partial charge in [0.05, 0.1) is 16.3 Å². The molecule has 0 radical (unpaired) electrons. The number of anilines is 1. The van der Waals surface area contributed by atoms with E-state index < -0.39 is 5.25 Å². The third-order valence-corrected chi connectivity index (χ3v) is 5.50. The molecule has 0 aliphatic rings. The molecule has 2 heterocycles. The Morgan fingerprint density at radius 2 is 1.90 bits per heavy atom. The molecule has 2 aromatic heterocycles. The first-order valence-electron chi connectivity index (χ1n) is 9.23. The van der Waals surface area contributed by atoms with Crippen LogP contribution in [0, 0.1) is 0 Å². The molecule has 0 aliphatic carbocycles. The highest BCUT2D eigenvalue weighted by atomic mass is 32.2. The van der Waals surface area contributed by atoms with Crippen LogP contribution in [0.25, 0.3) is 22.4 Å². The third-order valence-electron chi connectivity index (χ3n) is 4.54. The summed E-state index contributed by atoms with van der Waals surface area (Å²) >= 11 is 1.27. The fraction of sp³-hybridized carbons (Fsp3) is 0.200. The van der Waals surface area contributed by atoms with Gasteiger partial charge in [-0.1, -0.05) is 43.0 Å². The summed E-state index contributed by atoms with van der Waals surface area (Å²) in [5, 5.41) is 10.1. The second-order valence-corrected chi connectivity index (χ2v) is 7.91. The number of benzene rings is 2. The molecule has 4 aromatic rings. The number of hydrogen-bond acceptors (Lipinski definition) is 5. The molecule has 0 spiro atoms. The number of nitrogens with zero attached hydrogens (tertiary/aromatic N) is 2. The Kier molecular flexibility index (Phi) is 5.22. The number of imidazole rings is 1. The normalized spacial score (nSPS) is 12.2. The van der Waals surface area contributed by atoms with Crippen LogP contribution in [0.3, 0.4) is 0 Å². The first-order chi connectivity index (χ1) is 14.0. The van der Waals surface area contributed by atoms with Crippen LogP contribution in [-0.4, -0.2) is 36.3 Å². The van der Waals surface area contributed by atoms with Crippen molar-refractivity contribution in [3.8, 4) is 11.4 Å². The van der Waals surface area contributed by atoms with E-state index in [2.05, 4.69) is 49.5 Å².